The molecule has 0 unspecified atom stereocenters. The maximum Gasteiger partial charge on any atom is 0.401 e. The van der Waals surface area contributed by atoms with Crippen LogP contribution in [0.25, 0.3) is 0 Å². The highest BCUT2D eigenvalue weighted by Gasteiger charge is 2.33. The molecule has 0 spiro atoms. The number of nitrogens with two attached hydrogens (primary N) is 1. The number of halogens is 3. The number of nitrogens with zero attached hydrogens (tertiary/aromatic N) is 2. The van der Waals surface area contributed by atoms with Gasteiger partial charge in [0.1, 0.15) is 0 Å². The standard InChI is InChI=1S/C13H26F3N3/c1-3-12(4-2,9-17)10-18-5-7-19(8-6-18)11-13(14,15)16/h3-11,17H2,1-2H3. The van der Waals surface area contributed by atoms with Gasteiger partial charge < -0.3 is 10.6 Å². The van der Waals surface area contributed by atoms with Crippen molar-refractivity contribution < 1.29 is 13.2 Å². The average molecular weight is 281 g/mol. The largest absolute Gasteiger partial charge is 0.401 e. The lowest BCUT2D eigenvalue weighted by Gasteiger charge is -2.41. The van der Waals surface area contributed by atoms with Crippen LogP contribution in [-0.2, 0) is 0 Å². The fraction of sp³-hybridized carbons (Fsp3) is 1.00. The highest BCUT2D eigenvalue weighted by Crippen LogP contribution is 2.27. The maximum atomic E-state index is 12.3. The monoisotopic (exact) mass is 281 g/mol. The molecule has 0 aromatic carbocycles. The number of rotatable bonds is 6. The van der Waals surface area contributed by atoms with Crippen molar-refractivity contribution in [3.8, 4) is 0 Å². The lowest BCUT2D eigenvalue weighted by atomic mass is 9.82. The molecule has 114 valence electrons. The van der Waals surface area contributed by atoms with Crippen molar-refractivity contribution in [2.45, 2.75) is 32.9 Å². The van der Waals surface area contributed by atoms with E-state index in [0.29, 0.717) is 32.7 Å². The third-order valence-electron chi connectivity index (χ3n) is 4.36. The Balaban J connectivity index is 2.41. The van der Waals surface area contributed by atoms with Crippen molar-refractivity contribution in [2.24, 2.45) is 11.1 Å². The number of alkyl halides is 3. The number of piperazine rings is 1. The van der Waals surface area contributed by atoms with Gasteiger partial charge in [0.2, 0.25) is 0 Å². The van der Waals surface area contributed by atoms with Crippen molar-refractivity contribution in [3.63, 3.8) is 0 Å². The van der Waals surface area contributed by atoms with Crippen LogP contribution >= 0.6 is 0 Å². The molecule has 0 radical (unpaired) electrons. The summed E-state index contributed by atoms with van der Waals surface area (Å²) in [5.74, 6) is 0. The van der Waals surface area contributed by atoms with Crippen LogP contribution in [0.5, 0.6) is 0 Å². The fourth-order valence-corrected chi connectivity index (χ4v) is 2.66. The Hall–Kier alpha value is -0.330. The first-order valence-corrected chi connectivity index (χ1v) is 7.05. The van der Waals surface area contributed by atoms with Crippen LogP contribution in [0.15, 0.2) is 0 Å². The topological polar surface area (TPSA) is 32.5 Å². The van der Waals surface area contributed by atoms with E-state index in [4.69, 9.17) is 5.73 Å². The van der Waals surface area contributed by atoms with Gasteiger partial charge in [-0.3, -0.25) is 4.90 Å². The molecule has 19 heavy (non-hydrogen) atoms. The Morgan fingerprint density at radius 1 is 0.895 bits per heavy atom. The van der Waals surface area contributed by atoms with Crippen LogP contribution in [-0.4, -0.2) is 61.8 Å². The number of hydrogen-bond donors (Lipinski definition) is 1. The molecular formula is C13H26F3N3. The zero-order valence-corrected chi connectivity index (χ0v) is 12.0. The van der Waals surface area contributed by atoms with Gasteiger partial charge in [-0.15, -0.1) is 0 Å². The first kappa shape index (κ1) is 16.7. The van der Waals surface area contributed by atoms with Gasteiger partial charge in [-0.2, -0.15) is 13.2 Å². The van der Waals surface area contributed by atoms with Gasteiger partial charge in [-0.25, -0.2) is 0 Å². The molecule has 0 aromatic rings. The zero-order chi connectivity index (χ0) is 14.5. The van der Waals surface area contributed by atoms with Crippen LogP contribution in [0, 0.1) is 5.41 Å². The second-order valence-corrected chi connectivity index (χ2v) is 5.58. The summed E-state index contributed by atoms with van der Waals surface area (Å²) in [4.78, 5) is 3.74. The summed E-state index contributed by atoms with van der Waals surface area (Å²) in [7, 11) is 0. The number of hydrogen-bond acceptors (Lipinski definition) is 3. The van der Waals surface area contributed by atoms with Gasteiger partial charge in [0.25, 0.3) is 0 Å². The molecule has 6 heteroatoms. The van der Waals surface area contributed by atoms with Gasteiger partial charge in [-0.05, 0) is 24.8 Å². The van der Waals surface area contributed by atoms with E-state index in [1.807, 2.05) is 0 Å². The van der Waals surface area contributed by atoms with Crippen LogP contribution in [0.3, 0.4) is 0 Å². The lowest BCUT2D eigenvalue weighted by Crippen LogP contribution is -2.52. The van der Waals surface area contributed by atoms with E-state index in [0.717, 1.165) is 19.4 Å². The third-order valence-corrected chi connectivity index (χ3v) is 4.36. The van der Waals surface area contributed by atoms with Gasteiger partial charge in [-0.1, -0.05) is 13.8 Å². The van der Waals surface area contributed by atoms with Crippen molar-refractivity contribution in [1.82, 2.24) is 9.80 Å². The molecule has 1 aliphatic rings. The molecule has 0 aliphatic carbocycles. The van der Waals surface area contributed by atoms with E-state index < -0.39 is 12.7 Å². The minimum atomic E-state index is -4.09. The molecule has 1 fully saturated rings. The van der Waals surface area contributed by atoms with Gasteiger partial charge >= 0.3 is 6.18 Å². The van der Waals surface area contributed by atoms with Crippen LogP contribution < -0.4 is 5.73 Å². The molecule has 2 N–H and O–H groups in total. The van der Waals surface area contributed by atoms with Crippen LogP contribution in [0.4, 0.5) is 13.2 Å². The molecule has 3 nitrogen and oxygen atoms in total. The summed E-state index contributed by atoms with van der Waals surface area (Å²) in [5, 5.41) is 0. The van der Waals surface area contributed by atoms with Crippen molar-refractivity contribution >= 4 is 0 Å². The smallest absolute Gasteiger partial charge is 0.330 e. The fourth-order valence-electron chi connectivity index (χ4n) is 2.66. The average Bonchev–Trinajstić information content (AvgIpc) is 2.37. The normalized spacial score (nSPS) is 19.9. The van der Waals surface area contributed by atoms with E-state index >= 15 is 0 Å². The van der Waals surface area contributed by atoms with E-state index in [1.54, 1.807) is 0 Å². The predicted octanol–water partition coefficient (Wildman–Crippen LogP) is 1.93. The summed E-state index contributed by atoms with van der Waals surface area (Å²) >= 11 is 0. The molecule has 0 aromatic heterocycles. The van der Waals surface area contributed by atoms with Gasteiger partial charge in [0.15, 0.2) is 0 Å². The summed E-state index contributed by atoms with van der Waals surface area (Å²) < 4.78 is 36.9. The molecule has 1 saturated heterocycles. The summed E-state index contributed by atoms with van der Waals surface area (Å²) in [6, 6.07) is 0. The molecule has 0 amide bonds. The van der Waals surface area contributed by atoms with Crippen molar-refractivity contribution in [3.05, 3.63) is 0 Å². The lowest BCUT2D eigenvalue weighted by molar-refractivity contribution is -0.149. The van der Waals surface area contributed by atoms with E-state index in [-0.39, 0.29) is 5.41 Å². The highest BCUT2D eigenvalue weighted by molar-refractivity contribution is 4.84. The highest BCUT2D eigenvalue weighted by atomic mass is 19.4. The predicted molar refractivity (Wildman–Crippen MR) is 71.0 cm³/mol. The summed E-state index contributed by atoms with van der Waals surface area (Å²) in [6.07, 6.45) is -2.05. The second-order valence-electron chi connectivity index (χ2n) is 5.58. The zero-order valence-electron chi connectivity index (χ0n) is 12.0. The van der Waals surface area contributed by atoms with Gasteiger partial charge in [0.05, 0.1) is 6.54 Å². The van der Waals surface area contributed by atoms with E-state index in [9.17, 15) is 13.2 Å². The van der Waals surface area contributed by atoms with Crippen LogP contribution in [0.1, 0.15) is 26.7 Å². The third kappa shape index (κ3) is 5.28. The molecular weight excluding hydrogens is 255 g/mol. The first-order chi connectivity index (χ1) is 8.84. The maximum absolute atomic E-state index is 12.3. The molecule has 1 heterocycles. The Morgan fingerprint density at radius 3 is 1.63 bits per heavy atom. The Morgan fingerprint density at radius 2 is 1.32 bits per heavy atom. The quantitative estimate of drug-likeness (QED) is 0.807. The first-order valence-electron chi connectivity index (χ1n) is 7.05. The van der Waals surface area contributed by atoms with E-state index in [1.165, 1.54) is 4.90 Å². The molecule has 1 aliphatic heterocycles. The summed E-state index contributed by atoms with van der Waals surface area (Å²) in [5.41, 5.74) is 5.99. The minimum Gasteiger partial charge on any atom is -0.330 e. The SMILES string of the molecule is CCC(CC)(CN)CN1CCN(CC(F)(F)F)CC1. The molecule has 0 saturated carbocycles. The van der Waals surface area contributed by atoms with Crippen LogP contribution in [0.2, 0.25) is 0 Å². The van der Waals surface area contributed by atoms with E-state index in [2.05, 4.69) is 18.7 Å². The second kappa shape index (κ2) is 6.90. The Labute approximate surface area is 113 Å². The Bertz CT molecular complexity index is 248. The minimum absolute atomic E-state index is 0.117. The van der Waals surface area contributed by atoms with Crippen molar-refractivity contribution in [2.75, 3.05) is 45.8 Å². The summed E-state index contributed by atoms with van der Waals surface area (Å²) in [6.45, 7) is 7.42. The van der Waals surface area contributed by atoms with Crippen molar-refractivity contribution in [1.29, 1.82) is 0 Å². The molecule has 1 rings (SSSR count). The Kier molecular flexibility index (Phi) is 6.08. The molecule has 0 bridgehead atoms. The van der Waals surface area contributed by atoms with Gasteiger partial charge in [0, 0.05) is 32.7 Å². The molecule has 0 atom stereocenters.